The maximum atomic E-state index is 11.2. The van der Waals surface area contributed by atoms with Crippen LogP contribution in [0.3, 0.4) is 0 Å². The van der Waals surface area contributed by atoms with Crippen LogP contribution in [0.5, 0.6) is 5.75 Å². The van der Waals surface area contributed by atoms with E-state index in [0.29, 0.717) is 42.6 Å². The molecule has 4 heterocycles. The van der Waals surface area contributed by atoms with Gasteiger partial charge in [-0.2, -0.15) is 15.1 Å². The van der Waals surface area contributed by atoms with Gasteiger partial charge >= 0.3 is 0 Å². The van der Waals surface area contributed by atoms with Crippen LogP contribution in [-0.4, -0.2) is 67.2 Å². The predicted molar refractivity (Wildman–Crippen MR) is 141 cm³/mol. The third kappa shape index (κ3) is 4.73. The second-order valence-electron chi connectivity index (χ2n) is 9.64. The molecule has 1 aromatic carbocycles. The number of carbonyl (C=O) groups excluding carboxylic acids is 1. The summed E-state index contributed by atoms with van der Waals surface area (Å²) in [6, 6.07) is 9.21. The lowest BCUT2D eigenvalue weighted by molar-refractivity contribution is 0.112. The molecule has 10 nitrogen and oxygen atoms in total. The number of aldehydes is 1. The number of aromatic amines is 1. The molecule has 0 amide bonds. The summed E-state index contributed by atoms with van der Waals surface area (Å²) >= 11 is 0. The third-order valence-corrected chi connectivity index (χ3v) is 7.01. The highest BCUT2D eigenvalue weighted by Crippen LogP contribution is 2.40. The second-order valence-corrected chi connectivity index (χ2v) is 9.64. The molecule has 37 heavy (non-hydrogen) atoms. The number of phenols is 1. The fourth-order valence-corrected chi connectivity index (χ4v) is 4.80. The van der Waals surface area contributed by atoms with Crippen LogP contribution in [0, 0.1) is 12.3 Å². The van der Waals surface area contributed by atoms with Gasteiger partial charge in [0.1, 0.15) is 17.2 Å². The highest BCUT2D eigenvalue weighted by atomic mass is 16.3. The van der Waals surface area contributed by atoms with Crippen molar-refractivity contribution in [3.8, 4) is 18.1 Å². The molecule has 1 saturated heterocycles. The van der Waals surface area contributed by atoms with Gasteiger partial charge in [-0.25, -0.2) is 0 Å². The minimum Gasteiger partial charge on any atom is -0.507 e. The summed E-state index contributed by atoms with van der Waals surface area (Å²) in [5.41, 5.74) is 3.25. The van der Waals surface area contributed by atoms with Gasteiger partial charge < -0.3 is 19.9 Å². The van der Waals surface area contributed by atoms with Crippen molar-refractivity contribution in [2.24, 2.45) is 0 Å². The van der Waals surface area contributed by atoms with Crippen LogP contribution >= 0.6 is 0 Å². The number of phenolic OH excluding ortho intramolecular Hbond substituents is 1. The van der Waals surface area contributed by atoms with Crippen molar-refractivity contribution in [3.05, 3.63) is 53.3 Å². The van der Waals surface area contributed by atoms with Crippen LogP contribution in [0.25, 0.3) is 11.0 Å². The van der Waals surface area contributed by atoms with E-state index in [9.17, 15) is 9.90 Å². The molecule has 188 valence electrons. The van der Waals surface area contributed by atoms with E-state index < -0.39 is 0 Å². The first-order valence-electron chi connectivity index (χ1n) is 12.5. The van der Waals surface area contributed by atoms with E-state index in [2.05, 4.69) is 37.3 Å². The van der Waals surface area contributed by atoms with Crippen LogP contribution in [-0.2, 0) is 13.1 Å². The fourth-order valence-electron chi connectivity index (χ4n) is 4.80. The topological polar surface area (TPSA) is 115 Å². The maximum Gasteiger partial charge on any atom is 0.229 e. The van der Waals surface area contributed by atoms with Gasteiger partial charge in [-0.15, -0.1) is 6.42 Å². The standard InChI is InChI=1S/C27H28N8O2/c1-2-8-34-9-7-21-25(28-24-15-22(31-32-24)19-4-5-19)29-27(30-26(21)34)35-12-10-33(11-13-35)16-18-3-6-23(37)20(14-18)17-36/h1,3,6-7,9,14-15,17,19,37H,4-5,8,10-13,16H2,(H2,28,29,30,31,32). The lowest BCUT2D eigenvalue weighted by Crippen LogP contribution is -2.46. The van der Waals surface area contributed by atoms with E-state index in [0.717, 1.165) is 54.3 Å². The molecular weight excluding hydrogens is 468 g/mol. The first kappa shape index (κ1) is 23.1. The number of hydrogen-bond acceptors (Lipinski definition) is 8. The van der Waals surface area contributed by atoms with Crippen LogP contribution in [0.4, 0.5) is 17.6 Å². The number of nitrogens with one attached hydrogen (secondary N) is 2. The number of anilines is 3. The molecule has 3 N–H and O–H groups in total. The van der Waals surface area contributed by atoms with E-state index in [-0.39, 0.29) is 5.75 Å². The Kier molecular flexibility index (Phi) is 5.98. The van der Waals surface area contributed by atoms with Gasteiger partial charge in [0.15, 0.2) is 12.1 Å². The highest BCUT2D eigenvalue weighted by Gasteiger charge is 2.26. The average molecular weight is 497 g/mol. The molecule has 1 saturated carbocycles. The zero-order valence-electron chi connectivity index (χ0n) is 20.4. The quantitative estimate of drug-likeness (QED) is 0.252. The fraction of sp³-hybridized carbons (Fsp3) is 0.333. The Labute approximate surface area is 214 Å². The minimum atomic E-state index is 0.00807. The Balaban J connectivity index is 1.22. The highest BCUT2D eigenvalue weighted by molar-refractivity contribution is 5.90. The first-order chi connectivity index (χ1) is 18.1. The van der Waals surface area contributed by atoms with E-state index in [1.54, 1.807) is 12.1 Å². The van der Waals surface area contributed by atoms with Gasteiger partial charge in [0.25, 0.3) is 0 Å². The number of piperazine rings is 1. The van der Waals surface area contributed by atoms with Gasteiger partial charge in [-0.1, -0.05) is 12.0 Å². The average Bonchev–Trinajstić information content (AvgIpc) is 3.53. The molecule has 2 aliphatic rings. The van der Waals surface area contributed by atoms with Crippen molar-refractivity contribution in [1.29, 1.82) is 0 Å². The zero-order chi connectivity index (χ0) is 25.4. The number of fused-ring (bicyclic) bond motifs is 1. The number of carbonyl (C=O) groups is 1. The number of terminal acetylenes is 1. The lowest BCUT2D eigenvalue weighted by Gasteiger charge is -2.35. The molecule has 3 aromatic heterocycles. The van der Waals surface area contributed by atoms with Gasteiger partial charge in [-0.05, 0) is 36.6 Å². The van der Waals surface area contributed by atoms with Crippen molar-refractivity contribution < 1.29 is 9.90 Å². The molecule has 0 spiro atoms. The molecule has 0 unspecified atom stereocenters. The molecule has 0 bridgehead atoms. The third-order valence-electron chi connectivity index (χ3n) is 7.01. The number of benzene rings is 1. The van der Waals surface area contributed by atoms with Crippen LogP contribution < -0.4 is 10.2 Å². The molecule has 0 radical (unpaired) electrons. The summed E-state index contributed by atoms with van der Waals surface area (Å²) in [5.74, 6) is 5.39. The van der Waals surface area contributed by atoms with E-state index >= 15 is 0 Å². The Bertz CT molecular complexity index is 1490. The summed E-state index contributed by atoms with van der Waals surface area (Å²) in [5, 5.41) is 21.6. The van der Waals surface area contributed by atoms with Crippen molar-refractivity contribution in [1.82, 2.24) is 29.6 Å². The Morgan fingerprint density at radius 1 is 1.16 bits per heavy atom. The van der Waals surface area contributed by atoms with Gasteiger partial charge in [0, 0.05) is 56.6 Å². The predicted octanol–water partition coefficient (Wildman–Crippen LogP) is 3.25. The molecule has 0 atom stereocenters. The molecule has 1 aliphatic heterocycles. The normalized spacial score (nSPS) is 16.1. The van der Waals surface area contributed by atoms with Crippen molar-refractivity contribution in [2.75, 3.05) is 36.4 Å². The van der Waals surface area contributed by atoms with Crippen molar-refractivity contribution in [2.45, 2.75) is 31.8 Å². The number of rotatable bonds is 8. The second kappa shape index (κ2) is 9.59. The summed E-state index contributed by atoms with van der Waals surface area (Å²) in [4.78, 5) is 25.5. The minimum absolute atomic E-state index is 0.00807. The zero-order valence-corrected chi connectivity index (χ0v) is 20.4. The van der Waals surface area contributed by atoms with E-state index in [4.69, 9.17) is 16.4 Å². The van der Waals surface area contributed by atoms with Crippen LogP contribution in [0.1, 0.15) is 40.4 Å². The summed E-state index contributed by atoms with van der Waals surface area (Å²) < 4.78 is 1.96. The van der Waals surface area contributed by atoms with Crippen molar-refractivity contribution in [3.63, 3.8) is 0 Å². The molecular formula is C27H28N8O2. The van der Waals surface area contributed by atoms with Gasteiger partial charge in [-0.3, -0.25) is 14.8 Å². The molecule has 4 aromatic rings. The number of aromatic nitrogens is 5. The largest absolute Gasteiger partial charge is 0.507 e. The van der Waals surface area contributed by atoms with Crippen molar-refractivity contribution >= 4 is 34.9 Å². The number of hydrogen-bond donors (Lipinski definition) is 3. The Hall–Kier alpha value is -4.36. The first-order valence-corrected chi connectivity index (χ1v) is 12.5. The molecule has 1 aliphatic carbocycles. The number of H-pyrrole nitrogens is 1. The van der Waals surface area contributed by atoms with E-state index in [1.807, 2.05) is 22.9 Å². The van der Waals surface area contributed by atoms with Gasteiger partial charge in [0.2, 0.25) is 5.95 Å². The van der Waals surface area contributed by atoms with Crippen LogP contribution in [0.2, 0.25) is 0 Å². The molecule has 10 heteroatoms. The number of nitrogens with zero attached hydrogens (tertiary/aromatic N) is 6. The molecule has 6 rings (SSSR count). The smallest absolute Gasteiger partial charge is 0.229 e. The maximum absolute atomic E-state index is 11.2. The summed E-state index contributed by atoms with van der Waals surface area (Å²) in [7, 11) is 0. The summed E-state index contributed by atoms with van der Waals surface area (Å²) in [6.07, 6.45) is 10.6. The van der Waals surface area contributed by atoms with E-state index in [1.165, 1.54) is 12.8 Å². The SMILES string of the molecule is C#CCn1ccc2c(Nc3cc(C4CC4)[nH]n3)nc(N3CCN(Cc4ccc(O)c(C=O)c4)CC3)nc21. The van der Waals surface area contributed by atoms with Crippen LogP contribution in [0.15, 0.2) is 36.5 Å². The molecule has 2 fully saturated rings. The monoisotopic (exact) mass is 496 g/mol. The Morgan fingerprint density at radius 3 is 2.76 bits per heavy atom. The van der Waals surface area contributed by atoms with Gasteiger partial charge in [0.05, 0.1) is 17.5 Å². The lowest BCUT2D eigenvalue weighted by atomic mass is 10.1. The number of aromatic hydroxyl groups is 1. The Morgan fingerprint density at radius 2 is 2.00 bits per heavy atom. The summed E-state index contributed by atoms with van der Waals surface area (Å²) in [6.45, 7) is 4.28.